The number of carbonyl (C=O) groups is 1. The molecule has 1 N–H and O–H groups in total. The van der Waals surface area contributed by atoms with Crippen LogP contribution in [0.5, 0.6) is 5.75 Å². The largest absolute Gasteiger partial charge is 0.497 e. The Kier molecular flexibility index (Phi) is 3.93. The van der Waals surface area contributed by atoms with Crippen LogP contribution in [0, 0.1) is 0 Å². The van der Waals surface area contributed by atoms with Crippen LogP contribution < -0.4 is 10.1 Å². The first kappa shape index (κ1) is 14.3. The molecule has 0 saturated heterocycles. The fourth-order valence-electron chi connectivity index (χ4n) is 2.08. The number of hydrogen-bond donors (Lipinski definition) is 1. The summed E-state index contributed by atoms with van der Waals surface area (Å²) >= 11 is 5.91. The van der Waals surface area contributed by atoms with Crippen LogP contribution in [0.15, 0.2) is 42.5 Å². The number of rotatable bonds is 3. The summed E-state index contributed by atoms with van der Waals surface area (Å²) in [6.45, 7) is 0.358. The molecule has 0 aliphatic carbocycles. The second-order valence-electron chi connectivity index (χ2n) is 4.64. The van der Waals surface area contributed by atoms with E-state index < -0.39 is 0 Å². The Morgan fingerprint density at radius 3 is 2.95 bits per heavy atom. The summed E-state index contributed by atoms with van der Waals surface area (Å²) in [6.07, 6.45) is 0. The van der Waals surface area contributed by atoms with E-state index in [-0.39, 0.29) is 6.03 Å². The Balaban J connectivity index is 1.77. The van der Waals surface area contributed by atoms with E-state index in [1.54, 1.807) is 37.4 Å². The van der Waals surface area contributed by atoms with Crippen molar-refractivity contribution in [1.29, 1.82) is 0 Å². The molecule has 112 valence electrons. The predicted octanol–water partition coefficient (Wildman–Crippen LogP) is 2.85. The quantitative estimate of drug-likeness (QED) is 0.806. The summed E-state index contributed by atoms with van der Waals surface area (Å²) in [5.41, 5.74) is 2.12. The smallest absolute Gasteiger partial charge is 0.344 e. The van der Waals surface area contributed by atoms with Crippen molar-refractivity contribution in [2.45, 2.75) is 6.54 Å². The predicted molar refractivity (Wildman–Crippen MR) is 83.2 cm³/mol. The molecule has 1 aromatic heterocycles. The first-order chi connectivity index (χ1) is 10.7. The molecule has 0 atom stereocenters. The molecule has 6 nitrogen and oxygen atoms in total. The molecule has 0 radical (unpaired) electrons. The molecule has 0 unspecified atom stereocenters. The van der Waals surface area contributed by atoms with Crippen LogP contribution >= 0.6 is 11.6 Å². The SMILES string of the molecule is COc1ccc2c(c1)nnn2C(=O)NCc1cccc(Cl)c1. The number of nitrogens with one attached hydrogen (secondary N) is 1. The van der Waals surface area contributed by atoms with E-state index in [4.69, 9.17) is 16.3 Å². The molecule has 0 saturated carbocycles. The summed E-state index contributed by atoms with van der Waals surface area (Å²) in [7, 11) is 1.57. The second kappa shape index (κ2) is 6.03. The minimum atomic E-state index is -0.354. The average Bonchev–Trinajstić information content (AvgIpc) is 2.95. The maximum atomic E-state index is 12.2. The molecule has 3 rings (SSSR count). The fourth-order valence-corrected chi connectivity index (χ4v) is 2.29. The monoisotopic (exact) mass is 316 g/mol. The van der Waals surface area contributed by atoms with Crippen molar-refractivity contribution in [1.82, 2.24) is 20.3 Å². The van der Waals surface area contributed by atoms with Gasteiger partial charge in [-0.1, -0.05) is 28.9 Å². The summed E-state index contributed by atoms with van der Waals surface area (Å²) in [6, 6.07) is 12.2. The van der Waals surface area contributed by atoms with Gasteiger partial charge in [0, 0.05) is 17.6 Å². The lowest BCUT2D eigenvalue weighted by Gasteiger charge is -2.06. The molecule has 3 aromatic rings. The van der Waals surface area contributed by atoms with E-state index in [9.17, 15) is 4.79 Å². The zero-order valence-electron chi connectivity index (χ0n) is 11.8. The van der Waals surface area contributed by atoms with Crippen molar-refractivity contribution in [3.05, 3.63) is 53.1 Å². The van der Waals surface area contributed by atoms with E-state index in [1.165, 1.54) is 4.68 Å². The molecule has 1 heterocycles. The Labute approximate surface area is 131 Å². The third kappa shape index (κ3) is 2.87. The van der Waals surface area contributed by atoms with Crippen LogP contribution in [-0.4, -0.2) is 28.1 Å². The summed E-state index contributed by atoms with van der Waals surface area (Å²) in [5.74, 6) is 0.666. The lowest BCUT2D eigenvalue weighted by Crippen LogP contribution is -2.28. The fraction of sp³-hybridized carbons (Fsp3) is 0.133. The van der Waals surface area contributed by atoms with E-state index in [2.05, 4.69) is 15.6 Å². The molecule has 7 heteroatoms. The highest BCUT2D eigenvalue weighted by molar-refractivity contribution is 6.30. The number of benzene rings is 2. The zero-order valence-corrected chi connectivity index (χ0v) is 12.5. The summed E-state index contributed by atoms with van der Waals surface area (Å²) in [5, 5.41) is 11.3. The second-order valence-corrected chi connectivity index (χ2v) is 5.08. The van der Waals surface area contributed by atoms with Crippen molar-refractivity contribution in [3.8, 4) is 5.75 Å². The van der Waals surface area contributed by atoms with Gasteiger partial charge >= 0.3 is 6.03 Å². The molecule has 1 amide bonds. The summed E-state index contributed by atoms with van der Waals surface area (Å²) < 4.78 is 6.34. The number of methoxy groups -OCH3 is 1. The normalized spacial score (nSPS) is 10.6. The lowest BCUT2D eigenvalue weighted by atomic mass is 10.2. The van der Waals surface area contributed by atoms with E-state index in [1.807, 2.05) is 12.1 Å². The van der Waals surface area contributed by atoms with Crippen molar-refractivity contribution in [2.75, 3.05) is 7.11 Å². The van der Waals surface area contributed by atoms with Crippen LogP contribution in [-0.2, 0) is 6.54 Å². The molecule has 0 aliphatic heterocycles. The molecule has 0 spiro atoms. The maximum absolute atomic E-state index is 12.2. The molecular weight excluding hydrogens is 304 g/mol. The van der Waals surface area contributed by atoms with E-state index in [0.717, 1.165) is 5.56 Å². The van der Waals surface area contributed by atoms with Gasteiger partial charge in [-0.15, -0.1) is 5.10 Å². The van der Waals surface area contributed by atoms with Crippen LogP contribution in [0.3, 0.4) is 0 Å². The van der Waals surface area contributed by atoms with Crippen LogP contribution in [0.4, 0.5) is 4.79 Å². The minimum Gasteiger partial charge on any atom is -0.497 e. The zero-order chi connectivity index (χ0) is 15.5. The first-order valence-corrected chi connectivity index (χ1v) is 6.97. The number of halogens is 1. The molecular formula is C15H13ClN4O2. The standard InChI is InChI=1S/C15H13ClN4O2/c1-22-12-5-6-14-13(8-12)18-19-20(14)15(21)17-9-10-3-2-4-11(16)7-10/h2-8H,9H2,1H3,(H,17,21). The molecule has 22 heavy (non-hydrogen) atoms. The van der Waals surface area contributed by atoms with Gasteiger partial charge in [0.15, 0.2) is 0 Å². The Bertz CT molecular complexity index is 831. The highest BCUT2D eigenvalue weighted by atomic mass is 35.5. The molecule has 0 bridgehead atoms. The van der Waals surface area contributed by atoms with Crippen LogP contribution in [0.1, 0.15) is 5.56 Å². The number of amides is 1. The number of aromatic nitrogens is 3. The van der Waals surface area contributed by atoms with Crippen LogP contribution in [0.25, 0.3) is 11.0 Å². The van der Waals surface area contributed by atoms with Gasteiger partial charge in [0.2, 0.25) is 0 Å². The van der Waals surface area contributed by atoms with Gasteiger partial charge in [0.25, 0.3) is 0 Å². The van der Waals surface area contributed by atoms with Crippen molar-refractivity contribution in [3.63, 3.8) is 0 Å². The molecule has 0 fully saturated rings. The molecule has 0 aliphatic rings. The van der Waals surface area contributed by atoms with Gasteiger partial charge in [-0.05, 0) is 29.8 Å². The molecule has 2 aromatic carbocycles. The summed E-state index contributed by atoms with van der Waals surface area (Å²) in [4.78, 5) is 12.2. The van der Waals surface area contributed by atoms with Crippen molar-refractivity contribution < 1.29 is 9.53 Å². The van der Waals surface area contributed by atoms with Crippen LogP contribution in [0.2, 0.25) is 5.02 Å². The Hall–Kier alpha value is -2.60. The van der Waals surface area contributed by atoms with Gasteiger partial charge in [-0.25, -0.2) is 4.79 Å². The maximum Gasteiger partial charge on any atom is 0.344 e. The first-order valence-electron chi connectivity index (χ1n) is 6.59. The minimum absolute atomic E-state index is 0.354. The number of carbonyl (C=O) groups excluding carboxylic acids is 1. The van der Waals surface area contributed by atoms with E-state index >= 15 is 0 Å². The van der Waals surface area contributed by atoms with Crippen molar-refractivity contribution in [2.24, 2.45) is 0 Å². The van der Waals surface area contributed by atoms with E-state index in [0.29, 0.717) is 28.4 Å². The third-order valence-corrected chi connectivity index (χ3v) is 3.41. The number of nitrogens with zero attached hydrogens (tertiary/aromatic N) is 3. The number of hydrogen-bond acceptors (Lipinski definition) is 4. The number of fused-ring (bicyclic) bond motifs is 1. The highest BCUT2D eigenvalue weighted by Gasteiger charge is 2.12. The third-order valence-electron chi connectivity index (χ3n) is 3.18. The Morgan fingerprint density at radius 2 is 2.18 bits per heavy atom. The van der Waals surface area contributed by atoms with Gasteiger partial charge in [-0.2, -0.15) is 4.68 Å². The Morgan fingerprint density at radius 1 is 1.32 bits per heavy atom. The van der Waals surface area contributed by atoms with Crippen molar-refractivity contribution >= 4 is 28.7 Å². The topological polar surface area (TPSA) is 69.0 Å². The van der Waals surface area contributed by atoms with Gasteiger partial charge in [0.1, 0.15) is 11.3 Å². The average molecular weight is 317 g/mol. The number of ether oxygens (including phenoxy) is 1. The van der Waals surface area contributed by atoms with Gasteiger partial charge in [0.05, 0.1) is 12.6 Å². The van der Waals surface area contributed by atoms with Gasteiger partial charge < -0.3 is 10.1 Å². The highest BCUT2D eigenvalue weighted by Crippen LogP contribution is 2.18. The lowest BCUT2D eigenvalue weighted by molar-refractivity contribution is 0.239. The van der Waals surface area contributed by atoms with Gasteiger partial charge in [-0.3, -0.25) is 0 Å².